The number of benzene rings is 1. The Morgan fingerprint density at radius 3 is 2.77 bits per heavy atom. The van der Waals surface area contributed by atoms with E-state index in [2.05, 4.69) is 32.3 Å². The minimum atomic E-state index is -0.548. The lowest BCUT2D eigenvalue weighted by atomic mass is 10.1. The minimum Gasteiger partial charge on any atom is -0.342 e. The zero-order valence-corrected chi connectivity index (χ0v) is 19.6. The van der Waals surface area contributed by atoms with E-state index in [1.54, 1.807) is 73.1 Å². The maximum absolute atomic E-state index is 13.3. The summed E-state index contributed by atoms with van der Waals surface area (Å²) in [6, 6.07) is 6.56. The van der Waals surface area contributed by atoms with Gasteiger partial charge in [-0.2, -0.15) is 10.2 Å². The Labute approximate surface area is 200 Å². The van der Waals surface area contributed by atoms with Gasteiger partial charge in [-0.3, -0.25) is 18.8 Å². The third-order valence-corrected chi connectivity index (χ3v) is 5.72. The van der Waals surface area contributed by atoms with Gasteiger partial charge in [0.15, 0.2) is 5.65 Å². The Hall–Kier alpha value is -4.78. The highest BCUT2D eigenvalue weighted by atomic mass is 16.2. The van der Waals surface area contributed by atoms with Crippen molar-refractivity contribution in [1.29, 1.82) is 0 Å². The quantitative estimate of drug-likeness (QED) is 0.407. The van der Waals surface area contributed by atoms with Crippen molar-refractivity contribution < 1.29 is 4.79 Å². The summed E-state index contributed by atoms with van der Waals surface area (Å²) in [7, 11) is 3.46. The second-order valence-corrected chi connectivity index (χ2v) is 8.23. The highest BCUT2D eigenvalue weighted by molar-refractivity contribution is 6.01. The van der Waals surface area contributed by atoms with Crippen LogP contribution in [0.5, 0.6) is 0 Å². The Kier molecular flexibility index (Phi) is 5.37. The van der Waals surface area contributed by atoms with E-state index in [1.165, 1.54) is 4.57 Å². The van der Waals surface area contributed by atoms with Crippen molar-refractivity contribution in [3.05, 3.63) is 87.6 Å². The van der Waals surface area contributed by atoms with Gasteiger partial charge in [0.2, 0.25) is 0 Å². The van der Waals surface area contributed by atoms with Crippen LogP contribution in [0.3, 0.4) is 0 Å². The number of hydrogen-bond acceptors (Lipinski definition) is 6. The molecule has 0 radical (unpaired) electrons. The smallest absolute Gasteiger partial charge is 0.262 e. The Bertz CT molecular complexity index is 1730. The van der Waals surface area contributed by atoms with Gasteiger partial charge in [-0.25, -0.2) is 14.5 Å². The van der Waals surface area contributed by atoms with Crippen molar-refractivity contribution in [1.82, 2.24) is 39.2 Å². The maximum atomic E-state index is 13.3. The fourth-order valence-electron chi connectivity index (χ4n) is 4.04. The predicted molar refractivity (Wildman–Crippen MR) is 130 cm³/mol. The number of aryl methyl sites for hydroxylation is 2. The first kappa shape index (κ1) is 22.0. The van der Waals surface area contributed by atoms with E-state index in [1.807, 2.05) is 13.1 Å². The number of nitrogens with zero attached hydrogens (tertiary/aromatic N) is 7. The third-order valence-electron chi connectivity index (χ3n) is 5.72. The summed E-state index contributed by atoms with van der Waals surface area (Å²) < 4.78 is 4.68. The Balaban J connectivity index is 1.51. The topological polar surface area (TPSA) is 112 Å². The molecule has 4 aromatic heterocycles. The number of hydrogen-bond donors (Lipinski definition) is 1. The van der Waals surface area contributed by atoms with Gasteiger partial charge < -0.3 is 5.32 Å². The van der Waals surface area contributed by atoms with Gasteiger partial charge in [0, 0.05) is 38.2 Å². The van der Waals surface area contributed by atoms with Gasteiger partial charge in [-0.1, -0.05) is 17.9 Å². The first-order chi connectivity index (χ1) is 16.8. The molecule has 0 aliphatic heterocycles. The standard InChI is InChI=1S/C25H22N8O2/c1-15-20(23-26-11-6-12-33(23)30-15)24(34)28-16(2)22-29-19-8-5-7-18(21(19)25(35)32(22)4)10-9-17-13-27-31(3)14-17/h5-8,11-14,16H,1-4H3,(H,28,34). The monoisotopic (exact) mass is 466 g/mol. The molecule has 1 unspecified atom stereocenters. The molecule has 35 heavy (non-hydrogen) atoms. The van der Waals surface area contributed by atoms with Gasteiger partial charge in [-0.15, -0.1) is 0 Å². The van der Waals surface area contributed by atoms with Crippen molar-refractivity contribution >= 4 is 22.5 Å². The molecule has 10 nitrogen and oxygen atoms in total. The fourth-order valence-corrected chi connectivity index (χ4v) is 4.04. The van der Waals surface area contributed by atoms with Gasteiger partial charge in [0.05, 0.1) is 34.4 Å². The van der Waals surface area contributed by atoms with Gasteiger partial charge in [0.1, 0.15) is 11.4 Å². The van der Waals surface area contributed by atoms with Crippen molar-refractivity contribution in [3.8, 4) is 11.8 Å². The molecular formula is C25H22N8O2. The number of fused-ring (bicyclic) bond motifs is 2. The molecule has 0 bridgehead atoms. The van der Waals surface area contributed by atoms with Crippen molar-refractivity contribution in [2.24, 2.45) is 14.1 Å². The number of nitrogens with one attached hydrogen (secondary N) is 1. The maximum Gasteiger partial charge on any atom is 0.262 e. The fraction of sp³-hybridized carbons (Fsp3) is 0.200. The van der Waals surface area contributed by atoms with Crippen LogP contribution in [0.4, 0.5) is 0 Å². The molecule has 0 fully saturated rings. The molecule has 0 saturated heterocycles. The average molecular weight is 467 g/mol. The molecule has 1 aromatic carbocycles. The van der Waals surface area contributed by atoms with Crippen LogP contribution >= 0.6 is 0 Å². The molecule has 0 spiro atoms. The number of rotatable bonds is 3. The van der Waals surface area contributed by atoms with E-state index >= 15 is 0 Å². The van der Waals surface area contributed by atoms with Crippen LogP contribution in [0.2, 0.25) is 0 Å². The van der Waals surface area contributed by atoms with Crippen LogP contribution in [0.25, 0.3) is 16.6 Å². The number of aromatic nitrogens is 7. The molecule has 0 saturated carbocycles. The summed E-state index contributed by atoms with van der Waals surface area (Å²) in [4.78, 5) is 35.4. The van der Waals surface area contributed by atoms with Crippen LogP contribution in [-0.4, -0.2) is 39.8 Å². The Morgan fingerprint density at radius 2 is 2.00 bits per heavy atom. The van der Waals surface area contributed by atoms with Crippen LogP contribution in [-0.2, 0) is 14.1 Å². The second kappa shape index (κ2) is 8.53. The molecule has 1 amide bonds. The van der Waals surface area contributed by atoms with E-state index in [-0.39, 0.29) is 11.5 Å². The van der Waals surface area contributed by atoms with E-state index in [4.69, 9.17) is 4.98 Å². The van der Waals surface area contributed by atoms with Crippen LogP contribution < -0.4 is 10.9 Å². The van der Waals surface area contributed by atoms with Crippen molar-refractivity contribution in [3.63, 3.8) is 0 Å². The van der Waals surface area contributed by atoms with E-state index in [9.17, 15) is 9.59 Å². The van der Waals surface area contributed by atoms with Gasteiger partial charge >= 0.3 is 0 Å². The van der Waals surface area contributed by atoms with Gasteiger partial charge in [0.25, 0.3) is 11.5 Å². The highest BCUT2D eigenvalue weighted by Gasteiger charge is 2.22. The van der Waals surface area contributed by atoms with Crippen molar-refractivity contribution in [2.45, 2.75) is 19.9 Å². The average Bonchev–Trinajstić information content (AvgIpc) is 3.41. The van der Waals surface area contributed by atoms with Crippen LogP contribution in [0.15, 0.2) is 53.8 Å². The molecule has 4 heterocycles. The first-order valence-corrected chi connectivity index (χ1v) is 10.9. The lowest BCUT2D eigenvalue weighted by Crippen LogP contribution is -2.33. The third kappa shape index (κ3) is 3.93. The molecule has 0 aliphatic carbocycles. The van der Waals surface area contributed by atoms with E-state index in [0.717, 1.165) is 5.56 Å². The largest absolute Gasteiger partial charge is 0.342 e. The lowest BCUT2D eigenvalue weighted by molar-refractivity contribution is 0.0938. The summed E-state index contributed by atoms with van der Waals surface area (Å²) in [5.41, 5.74) is 3.01. The SMILES string of the molecule is Cc1nn2cccnc2c1C(=O)NC(C)c1nc2cccc(C#Cc3cnn(C)c3)c2c(=O)n1C. The lowest BCUT2D eigenvalue weighted by Gasteiger charge is -2.17. The zero-order valence-electron chi connectivity index (χ0n) is 19.6. The molecule has 10 heteroatoms. The molecule has 174 valence electrons. The predicted octanol–water partition coefficient (Wildman–Crippen LogP) is 1.91. The zero-order chi connectivity index (χ0) is 24.7. The summed E-state index contributed by atoms with van der Waals surface area (Å²) >= 11 is 0. The number of carbonyl (C=O) groups excluding carboxylic acids is 1. The normalized spacial score (nSPS) is 11.9. The molecular weight excluding hydrogens is 444 g/mol. The van der Waals surface area contributed by atoms with E-state index in [0.29, 0.717) is 39.2 Å². The number of carbonyl (C=O) groups is 1. The molecule has 1 atom stereocenters. The summed E-state index contributed by atoms with van der Waals surface area (Å²) in [5, 5.41) is 11.8. The Morgan fingerprint density at radius 1 is 1.17 bits per heavy atom. The van der Waals surface area contributed by atoms with E-state index < -0.39 is 6.04 Å². The van der Waals surface area contributed by atoms with Crippen LogP contribution in [0.1, 0.15) is 46.0 Å². The summed E-state index contributed by atoms with van der Waals surface area (Å²) in [5.74, 6) is 6.19. The summed E-state index contributed by atoms with van der Waals surface area (Å²) in [6.07, 6.45) is 6.81. The number of amides is 1. The summed E-state index contributed by atoms with van der Waals surface area (Å²) in [6.45, 7) is 3.54. The molecule has 5 rings (SSSR count). The van der Waals surface area contributed by atoms with Gasteiger partial charge in [-0.05, 0) is 32.0 Å². The molecule has 1 N–H and O–H groups in total. The molecule has 0 aliphatic rings. The second-order valence-electron chi connectivity index (χ2n) is 8.23. The minimum absolute atomic E-state index is 0.240. The highest BCUT2D eigenvalue weighted by Crippen LogP contribution is 2.18. The molecule has 5 aromatic rings. The first-order valence-electron chi connectivity index (χ1n) is 10.9. The van der Waals surface area contributed by atoms with Crippen molar-refractivity contribution in [2.75, 3.05) is 0 Å². The van der Waals surface area contributed by atoms with Crippen LogP contribution in [0, 0.1) is 18.8 Å².